The Hall–Kier alpha value is -0.595. The number of ether oxygens (including phenoxy) is 1. The van der Waals surface area contributed by atoms with Crippen LogP contribution in [-0.4, -0.2) is 30.3 Å². The minimum Gasteiger partial charge on any atom is -0.481 e. The highest BCUT2D eigenvalue weighted by Gasteiger charge is 2.33. The Morgan fingerprint density at radius 1 is 1.24 bits per heavy atom. The molecular weight excluding hydrogens is 232 g/mol. The fourth-order valence-corrected chi connectivity index (χ4v) is 1.04. The van der Waals surface area contributed by atoms with Crippen molar-refractivity contribution in [2.24, 2.45) is 0 Å². The molecule has 0 fully saturated rings. The lowest BCUT2D eigenvalue weighted by Crippen LogP contribution is -2.45. The third kappa shape index (κ3) is 3.97. The first kappa shape index (κ1) is 14.5. The van der Waals surface area contributed by atoms with Crippen LogP contribution in [0.25, 0.3) is 0 Å². The lowest BCUT2D eigenvalue weighted by molar-refractivity contribution is 0.0839. The molecule has 1 atom stereocenters. The van der Waals surface area contributed by atoms with E-state index in [2.05, 4.69) is 41.9 Å². The van der Waals surface area contributed by atoms with E-state index >= 15 is 0 Å². The summed E-state index contributed by atoms with van der Waals surface area (Å²) in [5.41, 5.74) is 0.467. The van der Waals surface area contributed by atoms with Crippen molar-refractivity contribution in [3.05, 3.63) is 18.2 Å². The maximum absolute atomic E-state index is 5.82. The molecule has 0 aliphatic rings. The smallest absolute Gasteiger partial charge is 0.351 e. The average molecular weight is 252 g/mol. The van der Waals surface area contributed by atoms with E-state index in [1.54, 1.807) is 14.6 Å². The number of aromatic nitrogens is 1. The first-order chi connectivity index (χ1) is 7.76. The molecule has 0 amide bonds. The summed E-state index contributed by atoms with van der Waals surface area (Å²) in [6.45, 7) is 8.34. The van der Waals surface area contributed by atoms with Gasteiger partial charge in [-0.1, -0.05) is 19.9 Å². The maximum Gasteiger partial charge on any atom is 0.351 e. The van der Waals surface area contributed by atoms with E-state index in [0.29, 0.717) is 5.88 Å². The minimum absolute atomic E-state index is 0.0254. The van der Waals surface area contributed by atoms with Crippen LogP contribution in [0, 0.1) is 0 Å². The van der Waals surface area contributed by atoms with Crippen LogP contribution < -0.4 is 10.3 Å². The SMILES string of the molecule is COc1cccc([B]OC(C)(C)C(C)(C)P)n1. The highest BCUT2D eigenvalue weighted by molar-refractivity contribution is 7.19. The monoisotopic (exact) mass is 252 g/mol. The zero-order valence-electron chi connectivity index (χ0n) is 11.2. The van der Waals surface area contributed by atoms with Crippen LogP contribution in [0.15, 0.2) is 18.2 Å². The van der Waals surface area contributed by atoms with Gasteiger partial charge in [0.2, 0.25) is 5.88 Å². The van der Waals surface area contributed by atoms with Crippen molar-refractivity contribution in [1.82, 2.24) is 4.98 Å². The molecule has 0 aliphatic carbocycles. The molecule has 1 rings (SSSR count). The van der Waals surface area contributed by atoms with Gasteiger partial charge in [0.15, 0.2) is 0 Å². The minimum atomic E-state index is -0.289. The van der Waals surface area contributed by atoms with E-state index in [1.165, 1.54) is 0 Å². The molecule has 0 saturated heterocycles. The van der Waals surface area contributed by atoms with Crippen LogP contribution in [0.5, 0.6) is 5.88 Å². The van der Waals surface area contributed by atoms with Crippen molar-refractivity contribution < 1.29 is 9.39 Å². The van der Waals surface area contributed by atoms with Crippen molar-refractivity contribution in [1.29, 1.82) is 0 Å². The van der Waals surface area contributed by atoms with E-state index in [-0.39, 0.29) is 10.8 Å². The van der Waals surface area contributed by atoms with Gasteiger partial charge >= 0.3 is 7.48 Å². The van der Waals surface area contributed by atoms with Crippen LogP contribution in [0.1, 0.15) is 27.7 Å². The summed E-state index contributed by atoms with van der Waals surface area (Å²) in [5.74, 6) is 0.588. The van der Waals surface area contributed by atoms with E-state index in [1.807, 2.05) is 18.2 Å². The molecule has 1 aromatic rings. The molecule has 93 valence electrons. The maximum atomic E-state index is 5.82. The van der Waals surface area contributed by atoms with Crippen LogP contribution in [-0.2, 0) is 4.65 Å². The van der Waals surface area contributed by atoms with Gasteiger partial charge in [-0.15, -0.1) is 9.24 Å². The van der Waals surface area contributed by atoms with Gasteiger partial charge in [-0.3, -0.25) is 0 Å². The first-order valence-corrected chi connectivity index (χ1v) is 6.15. The summed E-state index contributed by atoms with van der Waals surface area (Å²) in [7, 11) is 6.08. The zero-order valence-corrected chi connectivity index (χ0v) is 12.3. The van der Waals surface area contributed by atoms with Gasteiger partial charge in [0.1, 0.15) is 0 Å². The summed E-state index contributed by atoms with van der Waals surface area (Å²) in [6, 6.07) is 5.58. The van der Waals surface area contributed by atoms with Crippen molar-refractivity contribution in [3.8, 4) is 5.88 Å². The molecule has 1 aromatic heterocycles. The second-order valence-corrected chi connectivity index (χ2v) is 6.52. The Balaban J connectivity index is 2.67. The third-order valence-electron chi connectivity index (χ3n) is 2.98. The van der Waals surface area contributed by atoms with Gasteiger partial charge in [0.05, 0.1) is 12.7 Å². The lowest BCUT2D eigenvalue weighted by atomic mass is 9.87. The Bertz CT molecular complexity index is 377. The van der Waals surface area contributed by atoms with Gasteiger partial charge in [-0.05, 0) is 19.9 Å². The molecule has 0 aliphatic heterocycles. The molecule has 0 spiro atoms. The van der Waals surface area contributed by atoms with Gasteiger partial charge in [-0.2, -0.15) is 0 Å². The zero-order chi connectivity index (χ0) is 13.1. The van der Waals surface area contributed by atoms with Gasteiger partial charge in [-0.25, -0.2) is 4.98 Å². The fourth-order valence-electron chi connectivity index (χ4n) is 0.970. The van der Waals surface area contributed by atoms with Crippen LogP contribution in [0.2, 0.25) is 0 Å². The Morgan fingerprint density at radius 3 is 2.41 bits per heavy atom. The molecule has 0 bridgehead atoms. The fraction of sp³-hybridized carbons (Fsp3) is 0.583. The second kappa shape index (κ2) is 5.37. The van der Waals surface area contributed by atoms with Crippen LogP contribution in [0.4, 0.5) is 0 Å². The van der Waals surface area contributed by atoms with E-state index in [4.69, 9.17) is 9.39 Å². The summed E-state index contributed by atoms with van der Waals surface area (Å²) in [6.07, 6.45) is 0. The number of nitrogens with zero attached hydrogens (tertiary/aromatic N) is 1. The molecule has 17 heavy (non-hydrogen) atoms. The number of rotatable bonds is 5. The van der Waals surface area contributed by atoms with Gasteiger partial charge in [0, 0.05) is 16.8 Å². The van der Waals surface area contributed by atoms with Crippen LogP contribution in [0.3, 0.4) is 0 Å². The molecule has 1 radical (unpaired) electrons. The molecule has 0 N–H and O–H groups in total. The Kier molecular flexibility index (Phi) is 4.57. The third-order valence-corrected chi connectivity index (χ3v) is 3.68. The van der Waals surface area contributed by atoms with Gasteiger partial charge in [0.25, 0.3) is 0 Å². The number of pyridine rings is 1. The van der Waals surface area contributed by atoms with Crippen molar-refractivity contribution in [3.63, 3.8) is 0 Å². The molecule has 3 nitrogen and oxygen atoms in total. The number of methoxy groups -OCH3 is 1. The molecule has 1 heterocycles. The largest absolute Gasteiger partial charge is 0.481 e. The quantitative estimate of drug-likeness (QED) is 0.591. The predicted molar refractivity (Wildman–Crippen MR) is 75.1 cm³/mol. The topological polar surface area (TPSA) is 31.4 Å². The summed E-state index contributed by atoms with van der Waals surface area (Å²) < 4.78 is 10.9. The second-order valence-electron chi connectivity index (χ2n) is 5.07. The standard InChI is InChI=1S/C12H20BNO2P/c1-11(2,12(3,4)17)16-13-9-7-6-8-10(14-9)15-5/h6-8H,17H2,1-5H3. The number of hydrogen-bond donors (Lipinski definition) is 0. The highest BCUT2D eigenvalue weighted by atomic mass is 31.0. The summed E-state index contributed by atoms with van der Waals surface area (Å²) >= 11 is 0. The Morgan fingerprint density at radius 2 is 1.88 bits per heavy atom. The Labute approximate surface area is 107 Å². The number of hydrogen-bond acceptors (Lipinski definition) is 3. The molecule has 0 saturated carbocycles. The van der Waals surface area contributed by atoms with Gasteiger partial charge < -0.3 is 9.39 Å². The van der Waals surface area contributed by atoms with E-state index in [9.17, 15) is 0 Å². The average Bonchev–Trinajstić information content (AvgIpc) is 2.25. The molecular formula is C12H20BNO2P. The molecule has 1 unspecified atom stereocenters. The van der Waals surface area contributed by atoms with Crippen molar-refractivity contribution >= 4 is 22.3 Å². The predicted octanol–water partition coefficient (Wildman–Crippen LogP) is 1.78. The lowest BCUT2D eigenvalue weighted by Gasteiger charge is -2.38. The molecule has 0 aromatic carbocycles. The first-order valence-electron chi connectivity index (χ1n) is 5.57. The van der Waals surface area contributed by atoms with Crippen molar-refractivity contribution in [2.75, 3.05) is 7.11 Å². The molecule has 5 heteroatoms. The summed E-state index contributed by atoms with van der Waals surface area (Å²) in [5, 5.41) is -0.0254. The van der Waals surface area contributed by atoms with E-state index in [0.717, 1.165) is 5.59 Å². The van der Waals surface area contributed by atoms with Crippen LogP contribution >= 0.6 is 9.24 Å². The van der Waals surface area contributed by atoms with E-state index < -0.39 is 0 Å². The normalized spacial score (nSPS) is 12.4. The summed E-state index contributed by atoms with van der Waals surface area (Å²) in [4.78, 5) is 4.27. The van der Waals surface area contributed by atoms with Crippen molar-refractivity contribution in [2.45, 2.75) is 38.5 Å². The highest BCUT2D eigenvalue weighted by Crippen LogP contribution is 2.32.